The van der Waals surface area contributed by atoms with Crippen molar-refractivity contribution < 1.29 is 4.79 Å². The summed E-state index contributed by atoms with van der Waals surface area (Å²) >= 11 is 1.83. The van der Waals surface area contributed by atoms with Crippen LogP contribution in [0.2, 0.25) is 0 Å². The predicted molar refractivity (Wildman–Crippen MR) is 97.0 cm³/mol. The van der Waals surface area contributed by atoms with Crippen LogP contribution in [0.15, 0.2) is 17.5 Å². The lowest BCUT2D eigenvalue weighted by Gasteiger charge is -2.32. The second kappa shape index (κ2) is 11.0. The van der Waals surface area contributed by atoms with E-state index in [1.54, 1.807) is 0 Å². The third-order valence-corrected chi connectivity index (χ3v) is 5.29. The second-order valence-corrected chi connectivity index (χ2v) is 7.05. The molecule has 0 aliphatic carbocycles. The van der Waals surface area contributed by atoms with E-state index in [1.807, 2.05) is 18.4 Å². The molecule has 22 heavy (non-hydrogen) atoms. The molecular weight excluding hydrogens is 316 g/mol. The van der Waals surface area contributed by atoms with Crippen molar-refractivity contribution >= 4 is 29.7 Å². The monoisotopic (exact) mass is 344 g/mol. The van der Waals surface area contributed by atoms with Gasteiger partial charge >= 0.3 is 0 Å². The summed E-state index contributed by atoms with van der Waals surface area (Å²) in [4.78, 5) is 15.7. The lowest BCUT2D eigenvalue weighted by atomic mass is 9.96. The third-order valence-electron chi connectivity index (χ3n) is 4.35. The maximum Gasteiger partial charge on any atom is 0.222 e. The lowest BCUT2D eigenvalue weighted by Crippen LogP contribution is -2.40. The molecule has 1 N–H and O–H groups in total. The van der Waals surface area contributed by atoms with Crippen molar-refractivity contribution in [3.05, 3.63) is 22.4 Å². The Hall–Kier alpha value is -0.580. The number of carbonyl (C=O) groups excluding carboxylic acids is 1. The van der Waals surface area contributed by atoms with Gasteiger partial charge in [-0.2, -0.15) is 0 Å². The summed E-state index contributed by atoms with van der Waals surface area (Å²) in [6.45, 7) is 3.01. The molecule has 1 fully saturated rings. The van der Waals surface area contributed by atoms with Crippen molar-refractivity contribution in [2.75, 3.05) is 26.7 Å². The Morgan fingerprint density at radius 3 is 2.73 bits per heavy atom. The van der Waals surface area contributed by atoms with Crippen molar-refractivity contribution in [2.24, 2.45) is 5.92 Å². The highest BCUT2D eigenvalue weighted by molar-refractivity contribution is 7.09. The summed E-state index contributed by atoms with van der Waals surface area (Å²) in [5.74, 6) is 1.12. The lowest BCUT2D eigenvalue weighted by molar-refractivity contribution is -0.132. The number of hydrogen-bond acceptors (Lipinski definition) is 3. The molecule has 1 amide bonds. The van der Waals surface area contributed by atoms with E-state index in [0.717, 1.165) is 51.2 Å². The zero-order valence-electron chi connectivity index (χ0n) is 13.6. The number of likely N-dealkylation sites (tertiary alicyclic amines) is 1. The van der Waals surface area contributed by atoms with Gasteiger partial charge in [-0.05, 0) is 63.1 Å². The molecule has 0 atom stereocenters. The van der Waals surface area contributed by atoms with Crippen LogP contribution in [0, 0.1) is 5.92 Å². The molecule has 1 aromatic heterocycles. The quantitative estimate of drug-likeness (QED) is 0.729. The van der Waals surface area contributed by atoms with E-state index in [0.29, 0.717) is 5.91 Å². The number of carbonyl (C=O) groups is 1. The molecule has 0 saturated carbocycles. The van der Waals surface area contributed by atoms with Gasteiger partial charge in [0.2, 0.25) is 5.91 Å². The largest absolute Gasteiger partial charge is 0.343 e. The predicted octanol–water partition coefficient (Wildman–Crippen LogP) is 3.73. The molecule has 126 valence electrons. The number of piperidine rings is 1. The molecule has 1 aliphatic rings. The van der Waals surface area contributed by atoms with Gasteiger partial charge in [-0.1, -0.05) is 12.5 Å². The van der Waals surface area contributed by atoms with Gasteiger partial charge in [-0.25, -0.2) is 0 Å². The normalized spacial score (nSPS) is 15.6. The van der Waals surface area contributed by atoms with E-state index < -0.39 is 0 Å². The Morgan fingerprint density at radius 1 is 1.32 bits per heavy atom. The Bertz CT molecular complexity index is 403. The first kappa shape index (κ1) is 19.5. The fourth-order valence-electron chi connectivity index (χ4n) is 3.04. The van der Waals surface area contributed by atoms with Gasteiger partial charge in [-0.3, -0.25) is 4.79 Å². The average molecular weight is 345 g/mol. The summed E-state index contributed by atoms with van der Waals surface area (Å²) < 4.78 is 0. The van der Waals surface area contributed by atoms with Crippen LogP contribution in [0.1, 0.15) is 43.4 Å². The number of unbranched alkanes of at least 4 members (excludes halogenated alkanes) is 2. The highest BCUT2D eigenvalue weighted by atomic mass is 35.5. The van der Waals surface area contributed by atoms with E-state index in [1.165, 1.54) is 24.1 Å². The Kier molecular flexibility index (Phi) is 9.76. The minimum atomic E-state index is 0. The van der Waals surface area contributed by atoms with Gasteiger partial charge < -0.3 is 10.2 Å². The van der Waals surface area contributed by atoms with Crippen molar-refractivity contribution in [3.8, 4) is 0 Å². The molecule has 0 bridgehead atoms. The summed E-state index contributed by atoms with van der Waals surface area (Å²) in [6.07, 6.45) is 7.64. The number of amides is 1. The van der Waals surface area contributed by atoms with Crippen molar-refractivity contribution in [1.29, 1.82) is 0 Å². The topological polar surface area (TPSA) is 32.3 Å². The van der Waals surface area contributed by atoms with E-state index in [2.05, 4.69) is 27.7 Å². The maximum absolute atomic E-state index is 12.2. The van der Waals surface area contributed by atoms with Gasteiger partial charge in [0.25, 0.3) is 0 Å². The van der Waals surface area contributed by atoms with Crippen LogP contribution in [0.25, 0.3) is 0 Å². The van der Waals surface area contributed by atoms with Crippen LogP contribution in [-0.4, -0.2) is 37.5 Å². The molecule has 1 aliphatic heterocycles. The summed E-state index contributed by atoms with van der Waals surface area (Å²) in [6, 6.07) is 4.31. The number of hydrogen-bond donors (Lipinski definition) is 1. The Morgan fingerprint density at radius 2 is 2.09 bits per heavy atom. The zero-order chi connectivity index (χ0) is 14.9. The number of halogens is 1. The van der Waals surface area contributed by atoms with Crippen LogP contribution in [-0.2, 0) is 11.2 Å². The molecule has 2 rings (SSSR count). The fourth-order valence-corrected chi connectivity index (χ4v) is 3.79. The van der Waals surface area contributed by atoms with Gasteiger partial charge in [-0.15, -0.1) is 23.7 Å². The first-order chi connectivity index (χ1) is 10.3. The number of nitrogens with zero attached hydrogens (tertiary/aromatic N) is 1. The minimum absolute atomic E-state index is 0. The Balaban J connectivity index is 0.00000242. The third kappa shape index (κ3) is 6.67. The fraction of sp³-hybridized carbons (Fsp3) is 0.706. The van der Waals surface area contributed by atoms with E-state index in [4.69, 9.17) is 0 Å². The molecule has 2 heterocycles. The molecule has 1 aromatic rings. The van der Waals surface area contributed by atoms with Crippen LogP contribution in [0.5, 0.6) is 0 Å². The average Bonchev–Trinajstić information content (AvgIpc) is 3.01. The van der Waals surface area contributed by atoms with E-state index in [-0.39, 0.29) is 12.4 Å². The number of nitrogens with one attached hydrogen (secondary N) is 1. The van der Waals surface area contributed by atoms with Crippen LogP contribution in [0.4, 0.5) is 0 Å². The second-order valence-electron chi connectivity index (χ2n) is 6.02. The van der Waals surface area contributed by atoms with Crippen molar-refractivity contribution in [3.63, 3.8) is 0 Å². The smallest absolute Gasteiger partial charge is 0.222 e. The summed E-state index contributed by atoms with van der Waals surface area (Å²) in [5, 5.41) is 5.37. The minimum Gasteiger partial charge on any atom is -0.343 e. The number of aryl methyl sites for hydroxylation is 1. The van der Waals surface area contributed by atoms with Gasteiger partial charge in [0.1, 0.15) is 0 Å². The number of thiophene rings is 1. The van der Waals surface area contributed by atoms with Gasteiger partial charge in [0.15, 0.2) is 0 Å². The van der Waals surface area contributed by atoms with Gasteiger partial charge in [0.05, 0.1) is 0 Å². The molecule has 3 nitrogen and oxygen atoms in total. The zero-order valence-corrected chi connectivity index (χ0v) is 15.2. The SMILES string of the molecule is CNCC1CCN(C(=O)CCCCCc2cccs2)CC1.Cl. The molecular formula is C17H29ClN2OS. The van der Waals surface area contributed by atoms with Gasteiger partial charge in [0, 0.05) is 24.4 Å². The molecule has 5 heteroatoms. The molecule has 0 spiro atoms. The standard InChI is InChI=1S/C17H28N2OS.ClH/c1-18-14-15-9-11-19(12-10-15)17(20)8-4-2-3-6-16-7-5-13-21-16;/h5,7,13,15,18H,2-4,6,8-12,14H2,1H3;1H. The van der Waals surface area contributed by atoms with Crippen LogP contribution in [0.3, 0.4) is 0 Å². The molecule has 0 aromatic carbocycles. The Labute approximate surface area is 144 Å². The molecule has 1 saturated heterocycles. The number of rotatable bonds is 8. The highest BCUT2D eigenvalue weighted by Crippen LogP contribution is 2.18. The highest BCUT2D eigenvalue weighted by Gasteiger charge is 2.21. The van der Waals surface area contributed by atoms with Crippen LogP contribution >= 0.6 is 23.7 Å². The molecule has 0 unspecified atom stereocenters. The summed E-state index contributed by atoms with van der Waals surface area (Å²) in [7, 11) is 2.01. The van der Waals surface area contributed by atoms with E-state index >= 15 is 0 Å². The van der Waals surface area contributed by atoms with Crippen LogP contribution < -0.4 is 5.32 Å². The first-order valence-electron chi connectivity index (χ1n) is 8.24. The first-order valence-corrected chi connectivity index (χ1v) is 9.12. The van der Waals surface area contributed by atoms with E-state index in [9.17, 15) is 4.79 Å². The van der Waals surface area contributed by atoms with Crippen molar-refractivity contribution in [2.45, 2.75) is 44.9 Å². The summed E-state index contributed by atoms with van der Waals surface area (Å²) in [5.41, 5.74) is 0. The maximum atomic E-state index is 12.2. The molecule has 0 radical (unpaired) electrons. The van der Waals surface area contributed by atoms with Crippen molar-refractivity contribution in [1.82, 2.24) is 10.2 Å².